The van der Waals surface area contributed by atoms with Crippen LogP contribution in [0.3, 0.4) is 0 Å². The standard InChI is InChI=1S/C18H22BrN5O2/c1-12-10-22(5-6-23(12)17(25)26-18(2,3)4)15-7-14(19)11-24-16(15)13(8-20)9-21-24/h7,9,11-12H,5-6,10H2,1-4H3/t12-/m1/s1. The van der Waals surface area contributed by atoms with Crippen LogP contribution in [0.4, 0.5) is 10.5 Å². The molecule has 138 valence electrons. The lowest BCUT2D eigenvalue weighted by Crippen LogP contribution is -2.55. The van der Waals surface area contributed by atoms with Crippen LogP contribution in [-0.2, 0) is 4.74 Å². The molecule has 0 radical (unpaired) electrons. The summed E-state index contributed by atoms with van der Waals surface area (Å²) in [6, 6.07) is 4.19. The summed E-state index contributed by atoms with van der Waals surface area (Å²) in [6.45, 7) is 9.48. The summed E-state index contributed by atoms with van der Waals surface area (Å²) in [5, 5.41) is 13.6. The molecule has 1 fully saturated rings. The van der Waals surface area contributed by atoms with Crippen molar-refractivity contribution in [2.24, 2.45) is 0 Å². The van der Waals surface area contributed by atoms with Gasteiger partial charge in [-0.2, -0.15) is 10.4 Å². The minimum Gasteiger partial charge on any atom is -0.444 e. The number of hydrogen-bond acceptors (Lipinski definition) is 5. The number of carbonyl (C=O) groups is 1. The molecule has 2 aromatic rings. The van der Waals surface area contributed by atoms with Gasteiger partial charge in [-0.3, -0.25) is 0 Å². The maximum Gasteiger partial charge on any atom is 0.410 e. The lowest BCUT2D eigenvalue weighted by Gasteiger charge is -2.41. The second-order valence-electron chi connectivity index (χ2n) is 7.48. The van der Waals surface area contributed by atoms with Gasteiger partial charge in [0.25, 0.3) is 0 Å². The van der Waals surface area contributed by atoms with Gasteiger partial charge in [-0.05, 0) is 49.7 Å². The molecule has 0 aromatic carbocycles. The van der Waals surface area contributed by atoms with E-state index in [0.717, 1.165) is 15.7 Å². The zero-order valence-corrected chi connectivity index (χ0v) is 16.9. The fourth-order valence-electron chi connectivity index (χ4n) is 3.16. The molecule has 8 heteroatoms. The van der Waals surface area contributed by atoms with Gasteiger partial charge in [-0.25, -0.2) is 9.31 Å². The monoisotopic (exact) mass is 419 g/mol. The summed E-state index contributed by atoms with van der Waals surface area (Å²) in [4.78, 5) is 16.4. The highest BCUT2D eigenvalue weighted by Crippen LogP contribution is 2.30. The minimum atomic E-state index is -0.510. The normalized spacial score (nSPS) is 18.1. The number of nitrogens with zero attached hydrogens (tertiary/aromatic N) is 5. The molecule has 0 aliphatic carbocycles. The highest BCUT2D eigenvalue weighted by molar-refractivity contribution is 9.10. The van der Waals surface area contributed by atoms with Crippen molar-refractivity contribution in [3.05, 3.63) is 28.5 Å². The number of nitriles is 1. The highest BCUT2D eigenvalue weighted by Gasteiger charge is 2.32. The Balaban J connectivity index is 1.86. The Hall–Kier alpha value is -2.27. The molecule has 0 saturated carbocycles. The van der Waals surface area contributed by atoms with Crippen molar-refractivity contribution in [1.29, 1.82) is 5.26 Å². The number of aromatic nitrogens is 2. The molecular formula is C18H22BrN5O2. The first kappa shape index (κ1) is 18.5. The quantitative estimate of drug-likeness (QED) is 0.707. The van der Waals surface area contributed by atoms with Gasteiger partial charge in [0.05, 0.1) is 17.4 Å². The fraction of sp³-hybridized carbons (Fsp3) is 0.500. The Morgan fingerprint density at radius 2 is 2.15 bits per heavy atom. The molecule has 7 nitrogen and oxygen atoms in total. The van der Waals surface area contributed by atoms with Gasteiger partial charge in [-0.15, -0.1) is 0 Å². The Morgan fingerprint density at radius 3 is 2.77 bits per heavy atom. The first-order chi connectivity index (χ1) is 12.2. The first-order valence-electron chi connectivity index (χ1n) is 8.51. The predicted molar refractivity (Wildman–Crippen MR) is 102 cm³/mol. The van der Waals surface area contributed by atoms with Gasteiger partial charge in [0, 0.05) is 36.3 Å². The average molecular weight is 420 g/mol. The third-order valence-corrected chi connectivity index (χ3v) is 4.71. The third-order valence-electron chi connectivity index (χ3n) is 4.27. The molecular weight excluding hydrogens is 398 g/mol. The maximum atomic E-state index is 12.4. The number of pyridine rings is 1. The molecule has 1 amide bonds. The van der Waals surface area contributed by atoms with E-state index >= 15 is 0 Å². The lowest BCUT2D eigenvalue weighted by atomic mass is 10.1. The van der Waals surface area contributed by atoms with E-state index in [-0.39, 0.29) is 12.1 Å². The number of anilines is 1. The van der Waals surface area contributed by atoms with E-state index in [1.54, 1.807) is 15.6 Å². The zero-order valence-electron chi connectivity index (χ0n) is 15.4. The molecule has 0 spiro atoms. The van der Waals surface area contributed by atoms with Crippen molar-refractivity contribution in [2.75, 3.05) is 24.5 Å². The summed E-state index contributed by atoms with van der Waals surface area (Å²) in [6.07, 6.45) is 3.12. The van der Waals surface area contributed by atoms with Crippen LogP contribution in [0.2, 0.25) is 0 Å². The summed E-state index contributed by atoms with van der Waals surface area (Å²) in [5.74, 6) is 0. The molecule has 3 heterocycles. The molecule has 3 rings (SSSR count). The molecule has 2 aromatic heterocycles. The highest BCUT2D eigenvalue weighted by atomic mass is 79.9. The fourth-order valence-corrected chi connectivity index (χ4v) is 3.57. The summed E-state index contributed by atoms with van der Waals surface area (Å²) in [5.41, 5.74) is 1.75. The Kier molecular flexibility index (Phi) is 4.84. The Labute approximate surface area is 161 Å². The SMILES string of the molecule is C[C@@H]1CN(c2cc(Br)cn3ncc(C#N)c23)CCN1C(=O)OC(C)(C)C. The maximum absolute atomic E-state index is 12.4. The van der Waals surface area contributed by atoms with Gasteiger partial charge >= 0.3 is 6.09 Å². The number of halogens is 1. The van der Waals surface area contributed by atoms with Crippen LogP contribution in [0.15, 0.2) is 22.9 Å². The number of piperazine rings is 1. The van der Waals surface area contributed by atoms with Crippen molar-refractivity contribution < 1.29 is 9.53 Å². The number of ether oxygens (including phenoxy) is 1. The van der Waals surface area contributed by atoms with Crippen LogP contribution in [0.1, 0.15) is 33.3 Å². The van der Waals surface area contributed by atoms with Gasteiger partial charge < -0.3 is 14.5 Å². The van der Waals surface area contributed by atoms with E-state index in [9.17, 15) is 10.1 Å². The van der Waals surface area contributed by atoms with Crippen LogP contribution in [0.25, 0.3) is 5.52 Å². The second kappa shape index (κ2) is 6.80. The Bertz CT molecular complexity index is 880. The summed E-state index contributed by atoms with van der Waals surface area (Å²) < 4.78 is 8.10. The zero-order chi connectivity index (χ0) is 19.1. The van der Waals surface area contributed by atoms with E-state index in [1.165, 1.54) is 0 Å². The van der Waals surface area contributed by atoms with Gasteiger partial charge in [-0.1, -0.05) is 0 Å². The molecule has 1 atom stereocenters. The smallest absolute Gasteiger partial charge is 0.410 e. The van der Waals surface area contributed by atoms with E-state index < -0.39 is 5.60 Å². The molecule has 0 bridgehead atoms. The van der Waals surface area contributed by atoms with E-state index in [4.69, 9.17) is 4.74 Å². The number of amides is 1. The van der Waals surface area contributed by atoms with Crippen LogP contribution >= 0.6 is 15.9 Å². The van der Waals surface area contributed by atoms with Crippen molar-refractivity contribution in [2.45, 2.75) is 39.3 Å². The summed E-state index contributed by atoms with van der Waals surface area (Å²) >= 11 is 3.51. The van der Waals surface area contributed by atoms with Crippen molar-refractivity contribution in [1.82, 2.24) is 14.5 Å². The molecule has 1 aliphatic rings. The second-order valence-corrected chi connectivity index (χ2v) is 8.39. The topological polar surface area (TPSA) is 73.9 Å². The molecule has 0 unspecified atom stereocenters. The first-order valence-corrected chi connectivity index (χ1v) is 9.30. The summed E-state index contributed by atoms with van der Waals surface area (Å²) in [7, 11) is 0. The average Bonchev–Trinajstić information content (AvgIpc) is 2.94. The minimum absolute atomic E-state index is 0.00825. The van der Waals surface area contributed by atoms with Gasteiger partial charge in [0.1, 0.15) is 17.2 Å². The van der Waals surface area contributed by atoms with Gasteiger partial charge in [0.2, 0.25) is 0 Å². The van der Waals surface area contributed by atoms with E-state index in [0.29, 0.717) is 25.2 Å². The molecule has 1 aliphatic heterocycles. The van der Waals surface area contributed by atoms with Crippen LogP contribution in [0.5, 0.6) is 0 Å². The van der Waals surface area contributed by atoms with Crippen molar-refractivity contribution in [3.8, 4) is 6.07 Å². The van der Waals surface area contributed by atoms with Crippen LogP contribution in [-0.4, -0.2) is 51.9 Å². The predicted octanol–water partition coefficient (Wildman–Crippen LogP) is 3.41. The number of rotatable bonds is 1. The largest absolute Gasteiger partial charge is 0.444 e. The number of fused-ring (bicyclic) bond motifs is 1. The molecule has 1 saturated heterocycles. The molecule has 26 heavy (non-hydrogen) atoms. The van der Waals surface area contributed by atoms with Crippen molar-refractivity contribution >= 4 is 33.2 Å². The van der Waals surface area contributed by atoms with Crippen LogP contribution in [0, 0.1) is 11.3 Å². The Morgan fingerprint density at radius 1 is 1.42 bits per heavy atom. The third kappa shape index (κ3) is 3.63. The van der Waals surface area contributed by atoms with Gasteiger partial charge in [0.15, 0.2) is 0 Å². The van der Waals surface area contributed by atoms with Crippen molar-refractivity contribution in [3.63, 3.8) is 0 Å². The van der Waals surface area contributed by atoms with E-state index in [1.807, 2.05) is 40.0 Å². The van der Waals surface area contributed by atoms with Crippen LogP contribution < -0.4 is 4.90 Å². The number of carbonyl (C=O) groups excluding carboxylic acids is 1. The lowest BCUT2D eigenvalue weighted by molar-refractivity contribution is 0.0159. The van der Waals surface area contributed by atoms with E-state index in [2.05, 4.69) is 32.0 Å². The molecule has 0 N–H and O–H groups in total. The number of hydrogen-bond donors (Lipinski definition) is 0.